The second kappa shape index (κ2) is 7.07. The topological polar surface area (TPSA) is 127 Å². The number of amides is 2. The van der Waals surface area contributed by atoms with E-state index in [-0.39, 0.29) is 18.7 Å². The first-order valence-corrected chi connectivity index (χ1v) is 7.46. The van der Waals surface area contributed by atoms with E-state index in [0.29, 0.717) is 12.2 Å². The van der Waals surface area contributed by atoms with Gasteiger partial charge < -0.3 is 16.4 Å². The van der Waals surface area contributed by atoms with Gasteiger partial charge in [-0.05, 0) is 24.1 Å². The number of anilines is 1. The third-order valence-corrected chi connectivity index (χ3v) is 3.17. The summed E-state index contributed by atoms with van der Waals surface area (Å²) in [4.78, 5) is 11.5. The summed E-state index contributed by atoms with van der Waals surface area (Å²) in [7, 11) is -3.48. The Bertz CT molecular complexity index is 530. The van der Waals surface area contributed by atoms with E-state index in [1.54, 1.807) is 18.2 Å². The molecule has 0 aliphatic rings. The third-order valence-electron chi connectivity index (χ3n) is 2.31. The van der Waals surface area contributed by atoms with Gasteiger partial charge >= 0.3 is 6.03 Å². The summed E-state index contributed by atoms with van der Waals surface area (Å²) < 4.78 is 21.4. The molecule has 1 aromatic carbocycles. The number of carbonyl (C=O) groups is 1. The molecule has 0 saturated carbocycles. The Labute approximate surface area is 112 Å². The van der Waals surface area contributed by atoms with Gasteiger partial charge in [0.25, 0.3) is 0 Å². The fraction of sp³-hybridized carbons (Fsp3) is 0.364. The van der Waals surface area contributed by atoms with Crippen molar-refractivity contribution in [3.8, 4) is 0 Å². The van der Waals surface area contributed by atoms with Crippen LogP contribution in [0.5, 0.6) is 0 Å². The van der Waals surface area contributed by atoms with Gasteiger partial charge in [-0.15, -0.1) is 0 Å². The summed E-state index contributed by atoms with van der Waals surface area (Å²) in [6.07, 6.45) is 0.273. The molecule has 0 saturated heterocycles. The van der Waals surface area contributed by atoms with E-state index < -0.39 is 16.1 Å². The summed E-state index contributed by atoms with van der Waals surface area (Å²) in [5.41, 5.74) is 7.03. The van der Waals surface area contributed by atoms with Crippen LogP contribution in [0.3, 0.4) is 0 Å². The maximum atomic E-state index is 11.5. The van der Waals surface area contributed by atoms with Gasteiger partial charge in [-0.2, -0.15) is 0 Å². The van der Waals surface area contributed by atoms with Crippen molar-refractivity contribution < 1.29 is 13.2 Å². The molecular weight excluding hydrogens is 268 g/mol. The molecule has 1 rings (SSSR count). The molecule has 0 heterocycles. The summed E-state index contributed by atoms with van der Waals surface area (Å²) in [6.45, 7) is 0.629. The lowest BCUT2D eigenvalue weighted by Gasteiger charge is -2.08. The monoisotopic (exact) mass is 286 g/mol. The Hall–Kier alpha value is -1.64. The molecule has 0 atom stereocenters. The normalized spacial score (nSPS) is 11.1. The van der Waals surface area contributed by atoms with Gasteiger partial charge in [0.1, 0.15) is 0 Å². The lowest BCUT2D eigenvalue weighted by Crippen LogP contribution is -2.31. The zero-order valence-corrected chi connectivity index (χ0v) is 11.2. The molecule has 106 valence electrons. The van der Waals surface area contributed by atoms with E-state index in [1.165, 1.54) is 0 Å². The number of hydrogen-bond donors (Lipinski definition) is 4. The number of benzene rings is 1. The van der Waals surface area contributed by atoms with Crippen LogP contribution in [0.1, 0.15) is 12.0 Å². The number of hydrogen-bond acceptors (Lipinski definition) is 4. The number of sulfonamides is 1. The summed E-state index contributed by atoms with van der Waals surface area (Å²) in [6, 6.07) is 6.75. The van der Waals surface area contributed by atoms with Crippen molar-refractivity contribution in [3.63, 3.8) is 0 Å². The Balaban J connectivity index is 2.34. The van der Waals surface area contributed by atoms with Crippen LogP contribution < -0.4 is 21.5 Å². The molecule has 1 aromatic rings. The van der Waals surface area contributed by atoms with E-state index in [1.807, 2.05) is 6.07 Å². The van der Waals surface area contributed by atoms with Gasteiger partial charge in [0.2, 0.25) is 10.0 Å². The summed E-state index contributed by atoms with van der Waals surface area (Å²) in [5, 5.41) is 10.0. The fourth-order valence-corrected chi connectivity index (χ4v) is 1.97. The highest BCUT2D eigenvalue weighted by Gasteiger charge is 2.04. The highest BCUT2D eigenvalue weighted by atomic mass is 32.2. The van der Waals surface area contributed by atoms with E-state index in [2.05, 4.69) is 10.6 Å². The largest absolute Gasteiger partial charge is 0.338 e. The molecule has 0 bridgehead atoms. The molecule has 19 heavy (non-hydrogen) atoms. The highest BCUT2D eigenvalue weighted by Crippen LogP contribution is 2.09. The van der Waals surface area contributed by atoms with Crippen LogP contribution in [0, 0.1) is 0 Å². The van der Waals surface area contributed by atoms with Crippen LogP contribution in [-0.2, 0) is 16.6 Å². The molecular formula is C11H18N4O3S. The Morgan fingerprint density at radius 2 is 2.05 bits per heavy atom. The van der Waals surface area contributed by atoms with Crippen LogP contribution in [-0.4, -0.2) is 26.7 Å². The first-order chi connectivity index (χ1) is 8.90. The van der Waals surface area contributed by atoms with E-state index in [4.69, 9.17) is 10.9 Å². The van der Waals surface area contributed by atoms with Crippen LogP contribution in [0.2, 0.25) is 0 Å². The van der Waals surface area contributed by atoms with Crippen LogP contribution in [0.15, 0.2) is 24.3 Å². The molecule has 0 fully saturated rings. The van der Waals surface area contributed by atoms with E-state index in [0.717, 1.165) is 5.56 Å². The van der Waals surface area contributed by atoms with Crippen molar-refractivity contribution in [1.82, 2.24) is 5.32 Å². The molecule has 0 aliphatic carbocycles. The van der Waals surface area contributed by atoms with Gasteiger partial charge in [-0.1, -0.05) is 12.1 Å². The second-order valence-corrected chi connectivity index (χ2v) is 5.74. The molecule has 0 aliphatic heterocycles. The van der Waals surface area contributed by atoms with Crippen molar-refractivity contribution in [3.05, 3.63) is 29.8 Å². The first kappa shape index (κ1) is 15.4. The molecule has 2 amide bonds. The highest BCUT2D eigenvalue weighted by molar-refractivity contribution is 7.89. The predicted molar refractivity (Wildman–Crippen MR) is 73.9 cm³/mol. The number of urea groups is 1. The van der Waals surface area contributed by atoms with Gasteiger partial charge in [-0.25, -0.2) is 18.4 Å². The molecule has 6 N–H and O–H groups in total. The molecule has 0 spiro atoms. The Morgan fingerprint density at radius 3 is 2.68 bits per heavy atom. The average Bonchev–Trinajstić information content (AvgIpc) is 2.34. The van der Waals surface area contributed by atoms with E-state index in [9.17, 15) is 13.2 Å². The first-order valence-electron chi connectivity index (χ1n) is 5.75. The zero-order valence-electron chi connectivity index (χ0n) is 10.4. The molecule has 7 nitrogen and oxygen atoms in total. The van der Waals surface area contributed by atoms with Gasteiger partial charge in [0, 0.05) is 18.8 Å². The van der Waals surface area contributed by atoms with Gasteiger partial charge in [0.15, 0.2) is 0 Å². The SMILES string of the molecule is NCc1cccc(NC(=O)NCCCS(N)(=O)=O)c1. The summed E-state index contributed by atoms with van der Waals surface area (Å²) in [5.74, 6) is -0.157. The smallest absolute Gasteiger partial charge is 0.319 e. The Morgan fingerprint density at radius 1 is 1.32 bits per heavy atom. The lowest BCUT2D eigenvalue weighted by atomic mass is 10.2. The van der Waals surface area contributed by atoms with Gasteiger partial charge in [-0.3, -0.25) is 0 Å². The number of primary sulfonamides is 1. The summed E-state index contributed by atoms with van der Waals surface area (Å²) >= 11 is 0. The molecule has 8 heteroatoms. The predicted octanol–water partition coefficient (Wildman–Crippen LogP) is -0.0546. The molecule has 0 unspecified atom stereocenters. The van der Waals surface area contributed by atoms with Crippen LogP contribution in [0.25, 0.3) is 0 Å². The van der Waals surface area contributed by atoms with Crippen molar-refractivity contribution in [2.75, 3.05) is 17.6 Å². The maximum absolute atomic E-state index is 11.5. The van der Waals surface area contributed by atoms with Crippen LogP contribution in [0.4, 0.5) is 10.5 Å². The zero-order chi connectivity index (χ0) is 14.3. The van der Waals surface area contributed by atoms with Gasteiger partial charge in [0.05, 0.1) is 5.75 Å². The van der Waals surface area contributed by atoms with Crippen molar-refractivity contribution in [2.45, 2.75) is 13.0 Å². The number of rotatable bonds is 6. The minimum Gasteiger partial charge on any atom is -0.338 e. The quantitative estimate of drug-likeness (QED) is 0.546. The molecule has 0 aromatic heterocycles. The maximum Gasteiger partial charge on any atom is 0.319 e. The fourth-order valence-electron chi connectivity index (χ4n) is 1.43. The second-order valence-electron chi connectivity index (χ2n) is 4.01. The Kier molecular flexibility index (Phi) is 5.74. The lowest BCUT2D eigenvalue weighted by molar-refractivity contribution is 0.252. The number of nitrogens with two attached hydrogens (primary N) is 2. The standard InChI is InChI=1S/C11H18N4O3S/c12-8-9-3-1-4-10(7-9)15-11(16)14-5-2-6-19(13,17)18/h1,3-4,7H,2,5-6,8,12H2,(H2,13,17,18)(H2,14,15,16). The van der Waals surface area contributed by atoms with Crippen molar-refractivity contribution in [1.29, 1.82) is 0 Å². The minimum absolute atomic E-state index is 0.157. The number of carbonyl (C=O) groups excluding carboxylic acids is 1. The van der Waals surface area contributed by atoms with Crippen molar-refractivity contribution in [2.24, 2.45) is 10.9 Å². The third kappa shape index (κ3) is 6.75. The number of nitrogens with one attached hydrogen (secondary N) is 2. The molecule has 0 radical (unpaired) electrons. The average molecular weight is 286 g/mol. The van der Waals surface area contributed by atoms with Crippen LogP contribution >= 0.6 is 0 Å². The van der Waals surface area contributed by atoms with Crippen molar-refractivity contribution >= 4 is 21.7 Å². The minimum atomic E-state index is -3.48. The van der Waals surface area contributed by atoms with E-state index >= 15 is 0 Å².